The maximum atomic E-state index is 12.1. The first kappa shape index (κ1) is 15.5. The van der Waals surface area contributed by atoms with Crippen LogP contribution >= 0.6 is 0 Å². The van der Waals surface area contributed by atoms with Crippen molar-refractivity contribution in [1.29, 1.82) is 0 Å². The van der Waals surface area contributed by atoms with Gasteiger partial charge in [0.1, 0.15) is 0 Å². The Balaban J connectivity index is 1.89. The van der Waals surface area contributed by atoms with Gasteiger partial charge in [-0.2, -0.15) is 0 Å². The van der Waals surface area contributed by atoms with Gasteiger partial charge in [-0.25, -0.2) is 0 Å². The molecule has 0 aromatic heterocycles. The number of piperidine rings is 1. The summed E-state index contributed by atoms with van der Waals surface area (Å²) < 4.78 is 4.74. The van der Waals surface area contributed by atoms with E-state index in [1.165, 1.54) is 7.11 Å². The van der Waals surface area contributed by atoms with Gasteiger partial charge in [0.15, 0.2) is 0 Å². The molecule has 1 unspecified atom stereocenters. The third-order valence-corrected chi connectivity index (χ3v) is 3.78. The normalized spacial score (nSPS) is 19.0. The molecule has 1 fully saturated rings. The molecule has 1 aromatic carbocycles. The molecule has 0 saturated carbocycles. The van der Waals surface area contributed by atoms with E-state index in [1.54, 1.807) is 0 Å². The molecule has 21 heavy (non-hydrogen) atoms. The summed E-state index contributed by atoms with van der Waals surface area (Å²) in [6.07, 6.45) is 3.46. The molecular formula is C16H22N2O3. The number of ether oxygens (including phenoxy) is 1. The fourth-order valence-electron chi connectivity index (χ4n) is 2.68. The van der Waals surface area contributed by atoms with Gasteiger partial charge in [-0.1, -0.05) is 24.6 Å². The number of nitrogens with one attached hydrogen (secondary N) is 1. The zero-order valence-electron chi connectivity index (χ0n) is 12.4. The van der Waals surface area contributed by atoms with Crippen LogP contribution in [0.3, 0.4) is 0 Å². The minimum atomic E-state index is -0.213. The van der Waals surface area contributed by atoms with Crippen molar-refractivity contribution in [3.63, 3.8) is 0 Å². The lowest BCUT2D eigenvalue weighted by atomic mass is 9.99. The Labute approximate surface area is 125 Å². The molecule has 1 aromatic rings. The smallest absolute Gasteiger partial charge is 0.307 e. The van der Waals surface area contributed by atoms with Crippen LogP contribution in [0.1, 0.15) is 25.7 Å². The van der Waals surface area contributed by atoms with Crippen LogP contribution in [0.2, 0.25) is 0 Å². The van der Waals surface area contributed by atoms with E-state index in [9.17, 15) is 9.59 Å². The summed E-state index contributed by atoms with van der Waals surface area (Å²) in [5, 5.41) is 2.88. The van der Waals surface area contributed by atoms with Crippen LogP contribution in [-0.4, -0.2) is 43.0 Å². The van der Waals surface area contributed by atoms with Gasteiger partial charge in [0.25, 0.3) is 0 Å². The Kier molecular flexibility index (Phi) is 5.75. The summed E-state index contributed by atoms with van der Waals surface area (Å²) in [6, 6.07) is 9.51. The van der Waals surface area contributed by atoms with Gasteiger partial charge < -0.3 is 10.1 Å². The highest BCUT2D eigenvalue weighted by molar-refractivity contribution is 5.92. The highest BCUT2D eigenvalue weighted by Gasteiger charge is 2.26. The average molecular weight is 290 g/mol. The molecule has 1 amide bonds. The van der Waals surface area contributed by atoms with Crippen molar-refractivity contribution in [3.8, 4) is 0 Å². The quantitative estimate of drug-likeness (QED) is 0.843. The number of amides is 1. The van der Waals surface area contributed by atoms with Crippen molar-refractivity contribution in [1.82, 2.24) is 4.90 Å². The number of para-hydroxylation sites is 1. The summed E-state index contributed by atoms with van der Waals surface area (Å²) in [4.78, 5) is 25.6. The topological polar surface area (TPSA) is 58.6 Å². The fraction of sp³-hybridized carbons (Fsp3) is 0.500. The molecule has 1 aliphatic heterocycles. The van der Waals surface area contributed by atoms with E-state index in [2.05, 4.69) is 10.2 Å². The number of carbonyl (C=O) groups is 2. The van der Waals surface area contributed by atoms with E-state index < -0.39 is 0 Å². The number of hydrogen-bond acceptors (Lipinski definition) is 4. The summed E-state index contributed by atoms with van der Waals surface area (Å²) in [5.41, 5.74) is 0.795. The zero-order chi connectivity index (χ0) is 15.1. The van der Waals surface area contributed by atoms with Crippen molar-refractivity contribution < 1.29 is 14.3 Å². The molecule has 0 bridgehead atoms. The third-order valence-electron chi connectivity index (χ3n) is 3.78. The standard InChI is InChI=1S/C16H22N2O3/c1-21-16(20)11-14-9-5-6-10-18(14)12-15(19)17-13-7-3-2-4-8-13/h2-4,7-8,14H,5-6,9-12H2,1H3,(H,17,19). The van der Waals surface area contributed by atoms with E-state index in [-0.39, 0.29) is 17.9 Å². The Hall–Kier alpha value is -1.88. The number of likely N-dealkylation sites (tertiary alicyclic amines) is 1. The number of benzene rings is 1. The lowest BCUT2D eigenvalue weighted by Gasteiger charge is -2.34. The molecule has 114 valence electrons. The second-order valence-corrected chi connectivity index (χ2v) is 5.31. The summed E-state index contributed by atoms with van der Waals surface area (Å²) in [7, 11) is 1.40. The molecule has 5 nitrogen and oxygen atoms in total. The van der Waals surface area contributed by atoms with Crippen LogP contribution in [0.15, 0.2) is 30.3 Å². The molecule has 1 atom stereocenters. The first-order valence-electron chi connectivity index (χ1n) is 7.35. The van der Waals surface area contributed by atoms with E-state index in [0.717, 1.165) is 31.5 Å². The number of esters is 1. The second-order valence-electron chi connectivity index (χ2n) is 5.31. The highest BCUT2D eigenvalue weighted by Crippen LogP contribution is 2.20. The molecule has 1 saturated heterocycles. The van der Waals surface area contributed by atoms with Gasteiger partial charge in [0, 0.05) is 11.7 Å². The van der Waals surface area contributed by atoms with E-state index >= 15 is 0 Å². The number of methoxy groups -OCH3 is 1. The van der Waals surface area contributed by atoms with Crippen LogP contribution in [0.4, 0.5) is 5.69 Å². The highest BCUT2D eigenvalue weighted by atomic mass is 16.5. The van der Waals surface area contributed by atoms with E-state index in [0.29, 0.717) is 13.0 Å². The van der Waals surface area contributed by atoms with Gasteiger partial charge >= 0.3 is 5.97 Å². The molecule has 5 heteroatoms. The number of carbonyl (C=O) groups excluding carboxylic acids is 2. The Morgan fingerprint density at radius 2 is 2.05 bits per heavy atom. The van der Waals surface area contributed by atoms with Crippen molar-refractivity contribution in [3.05, 3.63) is 30.3 Å². The number of anilines is 1. The number of hydrogen-bond donors (Lipinski definition) is 1. The van der Waals surface area contributed by atoms with Crippen LogP contribution in [0, 0.1) is 0 Å². The Morgan fingerprint density at radius 1 is 1.29 bits per heavy atom. The largest absolute Gasteiger partial charge is 0.469 e. The first-order chi connectivity index (χ1) is 10.2. The minimum Gasteiger partial charge on any atom is -0.469 e. The zero-order valence-corrected chi connectivity index (χ0v) is 12.4. The lowest BCUT2D eigenvalue weighted by molar-refractivity contribution is -0.142. The first-order valence-corrected chi connectivity index (χ1v) is 7.35. The monoisotopic (exact) mass is 290 g/mol. The lowest BCUT2D eigenvalue weighted by Crippen LogP contribution is -2.45. The van der Waals surface area contributed by atoms with Crippen molar-refractivity contribution in [2.75, 3.05) is 25.5 Å². The number of rotatable bonds is 5. The van der Waals surface area contributed by atoms with E-state index in [1.807, 2.05) is 30.3 Å². The van der Waals surface area contributed by atoms with Crippen LogP contribution in [-0.2, 0) is 14.3 Å². The second kappa shape index (κ2) is 7.78. The molecule has 1 heterocycles. The van der Waals surface area contributed by atoms with Crippen molar-refractivity contribution in [2.45, 2.75) is 31.7 Å². The Bertz CT molecular complexity index is 476. The fourth-order valence-corrected chi connectivity index (χ4v) is 2.68. The van der Waals surface area contributed by atoms with Crippen LogP contribution in [0.5, 0.6) is 0 Å². The van der Waals surface area contributed by atoms with E-state index in [4.69, 9.17) is 4.74 Å². The van der Waals surface area contributed by atoms with Crippen LogP contribution in [0.25, 0.3) is 0 Å². The van der Waals surface area contributed by atoms with Crippen LogP contribution < -0.4 is 5.32 Å². The molecule has 0 spiro atoms. The third kappa shape index (κ3) is 4.86. The summed E-state index contributed by atoms with van der Waals surface area (Å²) in [5.74, 6) is -0.256. The minimum absolute atomic E-state index is 0.0436. The predicted octanol–water partition coefficient (Wildman–Crippen LogP) is 2.04. The predicted molar refractivity (Wildman–Crippen MR) is 80.9 cm³/mol. The molecule has 0 aliphatic carbocycles. The molecule has 0 radical (unpaired) electrons. The summed E-state index contributed by atoms with van der Waals surface area (Å²) >= 11 is 0. The molecular weight excluding hydrogens is 268 g/mol. The van der Waals surface area contributed by atoms with Gasteiger partial charge in [-0.15, -0.1) is 0 Å². The Morgan fingerprint density at radius 3 is 2.76 bits per heavy atom. The maximum Gasteiger partial charge on any atom is 0.307 e. The van der Waals surface area contributed by atoms with Gasteiger partial charge in [-0.3, -0.25) is 14.5 Å². The van der Waals surface area contributed by atoms with Gasteiger partial charge in [-0.05, 0) is 31.5 Å². The summed E-state index contributed by atoms with van der Waals surface area (Å²) in [6.45, 7) is 1.17. The maximum absolute atomic E-state index is 12.1. The molecule has 1 aliphatic rings. The molecule has 2 rings (SSSR count). The van der Waals surface area contributed by atoms with Crippen molar-refractivity contribution in [2.24, 2.45) is 0 Å². The number of nitrogens with zero attached hydrogens (tertiary/aromatic N) is 1. The van der Waals surface area contributed by atoms with Gasteiger partial charge in [0.05, 0.1) is 20.1 Å². The average Bonchev–Trinajstić information content (AvgIpc) is 2.50. The SMILES string of the molecule is COC(=O)CC1CCCCN1CC(=O)Nc1ccccc1. The molecule has 1 N–H and O–H groups in total. The van der Waals surface area contributed by atoms with Crippen molar-refractivity contribution >= 4 is 17.6 Å². The van der Waals surface area contributed by atoms with Gasteiger partial charge in [0.2, 0.25) is 5.91 Å².